The van der Waals surface area contributed by atoms with Crippen LogP contribution in [-0.4, -0.2) is 0 Å². The van der Waals surface area contributed by atoms with Crippen molar-refractivity contribution in [2.75, 3.05) is 5.32 Å². The molecule has 0 aliphatic heterocycles. The second kappa shape index (κ2) is 6.60. The highest BCUT2D eigenvalue weighted by Gasteiger charge is 2.35. The van der Waals surface area contributed by atoms with Crippen LogP contribution in [0.1, 0.15) is 49.4 Å². The minimum atomic E-state index is -4.59. The van der Waals surface area contributed by atoms with E-state index in [0.717, 1.165) is 17.3 Å². The van der Waals surface area contributed by atoms with Gasteiger partial charge in [0.25, 0.3) is 0 Å². The van der Waals surface area contributed by atoms with Gasteiger partial charge in [-0.25, -0.2) is 4.39 Å². The van der Waals surface area contributed by atoms with Crippen molar-refractivity contribution in [3.8, 4) is 0 Å². The zero-order valence-corrected chi connectivity index (χ0v) is 13.2. The summed E-state index contributed by atoms with van der Waals surface area (Å²) in [6.07, 6.45) is -4.59. The van der Waals surface area contributed by atoms with Gasteiger partial charge in [-0.15, -0.1) is 0 Å². The van der Waals surface area contributed by atoms with Gasteiger partial charge in [0, 0.05) is 11.7 Å². The number of rotatable bonds is 4. The van der Waals surface area contributed by atoms with Crippen LogP contribution in [-0.2, 0) is 6.18 Å². The van der Waals surface area contributed by atoms with E-state index in [1.165, 1.54) is 6.07 Å². The third-order valence-electron chi connectivity index (χ3n) is 3.75. The molecule has 2 aromatic rings. The number of anilines is 1. The van der Waals surface area contributed by atoms with Gasteiger partial charge in [-0.1, -0.05) is 32.0 Å². The van der Waals surface area contributed by atoms with Crippen LogP contribution in [0.25, 0.3) is 0 Å². The van der Waals surface area contributed by atoms with Crippen molar-refractivity contribution in [1.82, 2.24) is 0 Å². The fraction of sp³-hybridized carbons (Fsp3) is 0.333. The van der Waals surface area contributed by atoms with Gasteiger partial charge < -0.3 is 5.32 Å². The van der Waals surface area contributed by atoms with Gasteiger partial charge in [0.1, 0.15) is 5.82 Å². The maximum atomic E-state index is 13.2. The molecule has 0 aliphatic carbocycles. The third kappa shape index (κ3) is 4.24. The van der Waals surface area contributed by atoms with Crippen molar-refractivity contribution in [3.63, 3.8) is 0 Å². The Morgan fingerprint density at radius 1 is 0.913 bits per heavy atom. The first-order valence-electron chi connectivity index (χ1n) is 7.41. The van der Waals surface area contributed by atoms with Gasteiger partial charge in [0.15, 0.2) is 0 Å². The van der Waals surface area contributed by atoms with Crippen molar-refractivity contribution < 1.29 is 17.6 Å². The predicted molar refractivity (Wildman–Crippen MR) is 84.0 cm³/mol. The fourth-order valence-corrected chi connectivity index (χ4v) is 2.44. The Balaban J connectivity index is 2.25. The molecular weight excluding hydrogens is 306 g/mol. The minimum Gasteiger partial charge on any atom is -0.379 e. The van der Waals surface area contributed by atoms with E-state index in [4.69, 9.17) is 0 Å². The van der Waals surface area contributed by atoms with Crippen molar-refractivity contribution in [1.29, 1.82) is 0 Å². The lowest BCUT2D eigenvalue weighted by atomic mass is 9.99. The van der Waals surface area contributed by atoms with Gasteiger partial charge >= 0.3 is 6.18 Å². The molecule has 124 valence electrons. The Morgan fingerprint density at radius 2 is 1.52 bits per heavy atom. The Bertz CT molecular complexity index is 660. The summed E-state index contributed by atoms with van der Waals surface area (Å²) >= 11 is 0. The molecule has 0 aliphatic rings. The summed E-state index contributed by atoms with van der Waals surface area (Å²) < 4.78 is 52.4. The number of nitrogens with one attached hydrogen (secondary N) is 1. The molecule has 2 rings (SSSR count). The molecular formula is C18H19F4N. The Hall–Kier alpha value is -2.04. The number of halogens is 4. The summed E-state index contributed by atoms with van der Waals surface area (Å²) in [5.74, 6) is -0.509. The molecule has 1 N–H and O–H groups in total. The van der Waals surface area contributed by atoms with E-state index in [1.807, 2.05) is 24.3 Å². The summed E-state index contributed by atoms with van der Waals surface area (Å²) in [7, 11) is 0. The largest absolute Gasteiger partial charge is 0.416 e. The van der Waals surface area contributed by atoms with Gasteiger partial charge in [-0.2, -0.15) is 13.2 Å². The molecule has 0 amide bonds. The van der Waals surface area contributed by atoms with Crippen LogP contribution in [0.2, 0.25) is 0 Å². The molecule has 0 fully saturated rings. The Labute approximate surface area is 133 Å². The lowest BCUT2D eigenvalue weighted by Crippen LogP contribution is -2.15. The maximum Gasteiger partial charge on any atom is 0.416 e. The monoisotopic (exact) mass is 325 g/mol. The van der Waals surface area contributed by atoms with Crippen LogP contribution in [0.4, 0.5) is 23.2 Å². The third-order valence-corrected chi connectivity index (χ3v) is 3.75. The Kier molecular flexibility index (Phi) is 4.97. The zero-order chi connectivity index (χ0) is 17.2. The molecule has 0 radical (unpaired) electrons. The normalized spacial score (nSPS) is 13.2. The fourth-order valence-electron chi connectivity index (χ4n) is 2.44. The van der Waals surface area contributed by atoms with Crippen molar-refractivity contribution in [2.45, 2.75) is 38.9 Å². The lowest BCUT2D eigenvalue weighted by molar-refractivity contribution is -0.138. The van der Waals surface area contributed by atoms with E-state index in [2.05, 4.69) is 19.2 Å². The maximum absolute atomic E-state index is 13.2. The number of alkyl halides is 3. The van der Waals surface area contributed by atoms with Gasteiger partial charge in [0.05, 0.1) is 5.56 Å². The number of hydrogen-bond donors (Lipinski definition) is 1. The second-order valence-electron chi connectivity index (χ2n) is 5.87. The van der Waals surface area contributed by atoms with Crippen molar-refractivity contribution >= 4 is 5.69 Å². The average Bonchev–Trinajstić information content (AvgIpc) is 2.46. The van der Waals surface area contributed by atoms with Crippen LogP contribution in [0.5, 0.6) is 0 Å². The summed E-state index contributed by atoms with van der Waals surface area (Å²) in [4.78, 5) is 0. The van der Waals surface area contributed by atoms with E-state index in [1.54, 1.807) is 6.92 Å². The first-order chi connectivity index (χ1) is 10.7. The quantitative estimate of drug-likeness (QED) is 0.666. The highest BCUT2D eigenvalue weighted by Crippen LogP contribution is 2.36. The van der Waals surface area contributed by atoms with Crippen LogP contribution in [0.3, 0.4) is 0 Å². The van der Waals surface area contributed by atoms with Crippen LogP contribution in [0, 0.1) is 5.82 Å². The first kappa shape index (κ1) is 17.3. The molecule has 23 heavy (non-hydrogen) atoms. The standard InChI is InChI=1S/C18H19F4N/c1-11(2)13-4-7-15(8-5-13)23-12(3)16-9-6-14(19)10-17(16)18(20,21)22/h4-12,23H,1-3H3/t12-/m0/s1. The molecule has 5 heteroatoms. The molecule has 0 heterocycles. The van der Waals surface area contributed by atoms with E-state index >= 15 is 0 Å². The van der Waals surface area contributed by atoms with Crippen molar-refractivity contribution in [3.05, 3.63) is 65.0 Å². The molecule has 1 nitrogen and oxygen atoms in total. The molecule has 0 saturated heterocycles. The highest BCUT2D eigenvalue weighted by molar-refractivity contribution is 5.48. The molecule has 0 bridgehead atoms. The molecule has 1 atom stereocenters. The van der Waals surface area contributed by atoms with Crippen LogP contribution >= 0.6 is 0 Å². The second-order valence-corrected chi connectivity index (χ2v) is 5.87. The SMILES string of the molecule is CC(C)c1ccc(N[C@@H](C)c2ccc(F)cc2C(F)(F)F)cc1. The van der Waals surface area contributed by atoms with Gasteiger partial charge in [-0.3, -0.25) is 0 Å². The first-order valence-corrected chi connectivity index (χ1v) is 7.41. The van der Waals surface area contributed by atoms with E-state index in [-0.39, 0.29) is 5.56 Å². The smallest absolute Gasteiger partial charge is 0.379 e. The molecule has 0 saturated carbocycles. The zero-order valence-electron chi connectivity index (χ0n) is 13.2. The molecule has 0 spiro atoms. The van der Waals surface area contributed by atoms with Crippen molar-refractivity contribution in [2.24, 2.45) is 0 Å². The summed E-state index contributed by atoms with van der Waals surface area (Å²) in [5, 5.41) is 3.03. The van der Waals surface area contributed by atoms with Gasteiger partial charge in [0.2, 0.25) is 0 Å². The number of benzene rings is 2. The van der Waals surface area contributed by atoms with E-state index in [9.17, 15) is 17.6 Å². The molecule has 2 aromatic carbocycles. The summed E-state index contributed by atoms with van der Waals surface area (Å²) in [6, 6.07) is 9.71. The summed E-state index contributed by atoms with van der Waals surface area (Å²) in [5.41, 5.74) is 0.948. The number of hydrogen-bond acceptors (Lipinski definition) is 1. The van der Waals surface area contributed by atoms with Gasteiger partial charge in [-0.05, 0) is 48.2 Å². The van der Waals surface area contributed by atoms with E-state index < -0.39 is 23.6 Å². The topological polar surface area (TPSA) is 12.0 Å². The van der Waals surface area contributed by atoms with E-state index in [0.29, 0.717) is 12.0 Å². The average molecular weight is 325 g/mol. The Morgan fingerprint density at radius 3 is 2.04 bits per heavy atom. The minimum absolute atomic E-state index is 0.0202. The van der Waals surface area contributed by atoms with Crippen LogP contribution < -0.4 is 5.32 Å². The lowest BCUT2D eigenvalue weighted by Gasteiger charge is -2.21. The summed E-state index contributed by atoms with van der Waals surface area (Å²) in [6.45, 7) is 5.76. The predicted octanol–water partition coefficient (Wildman–Crippen LogP) is 6.14. The van der Waals surface area contributed by atoms with Crippen LogP contribution in [0.15, 0.2) is 42.5 Å². The highest BCUT2D eigenvalue weighted by atomic mass is 19.4. The molecule has 0 aromatic heterocycles. The molecule has 0 unspecified atom stereocenters.